The molecule has 0 radical (unpaired) electrons. The first kappa shape index (κ1) is 50.0. The topological polar surface area (TPSA) is 94.8 Å². The van der Waals surface area contributed by atoms with Crippen molar-refractivity contribution in [1.82, 2.24) is 0 Å². The van der Waals surface area contributed by atoms with E-state index in [1.165, 1.54) is 77.0 Å². The van der Waals surface area contributed by atoms with Crippen LogP contribution in [0.4, 0.5) is 43.9 Å². The number of aliphatic hydroxyl groups is 1. The summed E-state index contributed by atoms with van der Waals surface area (Å²) in [5.74, 6) is -2.71. The average Bonchev–Trinajstić information content (AvgIpc) is 3.17. The summed E-state index contributed by atoms with van der Waals surface area (Å²) in [4.78, 5) is 0. The molecule has 0 amide bonds. The van der Waals surface area contributed by atoms with Gasteiger partial charge in [0.15, 0.2) is 23.3 Å². The molecule has 16 heteroatoms. The third-order valence-corrected chi connectivity index (χ3v) is 13.4. The molecule has 0 saturated heterocycles. The van der Waals surface area contributed by atoms with E-state index in [1.54, 1.807) is 0 Å². The van der Waals surface area contributed by atoms with E-state index in [0.717, 1.165) is 36.8 Å². The Bertz CT molecular complexity index is 1830. The smallest absolute Gasteiger partial charge is 0.385 e. The third kappa shape index (κ3) is 13.7. The zero-order chi connectivity index (χ0) is 44.6. The molecule has 6 rings (SSSR count). The second kappa shape index (κ2) is 21.1. The number of rotatable bonds is 8. The standard InChI is InChI=1S/C22H29F5O.C22H27F5.H2O4S/c1-2-3-14-4-6-15(7-5-14)16-10-12-21(28,13-11-16)17-8-9-18(22(25,26)27)20(24)19(17)23;1-2-3-14-4-6-15(7-5-14)16-8-10-17(11-9-16)18-12-13-19(22(25,26)27)21(24)20(18)23;1-5(2,3)4/h8-9,14-16,28H,2-7,10-13H2,1H3;10,12-16H,2-9,11H2,1H3;(H2,1,2,3,4). The maximum Gasteiger partial charge on any atom is 0.419 e. The van der Waals surface area contributed by atoms with E-state index < -0.39 is 62.7 Å². The highest BCUT2D eigenvalue weighted by Gasteiger charge is 2.43. The van der Waals surface area contributed by atoms with E-state index in [-0.39, 0.29) is 24.0 Å². The van der Waals surface area contributed by atoms with Crippen LogP contribution in [0, 0.1) is 58.8 Å². The third-order valence-electron chi connectivity index (χ3n) is 13.4. The summed E-state index contributed by atoms with van der Waals surface area (Å²) in [6.07, 6.45) is 11.2. The lowest BCUT2D eigenvalue weighted by Gasteiger charge is -2.41. The van der Waals surface area contributed by atoms with Crippen molar-refractivity contribution >= 4 is 16.0 Å². The first-order chi connectivity index (χ1) is 28.0. The van der Waals surface area contributed by atoms with Gasteiger partial charge in [-0.2, -0.15) is 34.8 Å². The molecule has 4 aliphatic carbocycles. The maximum absolute atomic E-state index is 14.4. The summed E-state index contributed by atoms with van der Waals surface area (Å²) in [6.45, 7) is 4.43. The number of hydrogen-bond acceptors (Lipinski definition) is 3. The van der Waals surface area contributed by atoms with Crippen molar-refractivity contribution in [2.24, 2.45) is 35.5 Å². The predicted octanol–water partition coefficient (Wildman–Crippen LogP) is 14.1. The van der Waals surface area contributed by atoms with Crippen LogP contribution in [0.3, 0.4) is 0 Å². The Labute approximate surface area is 347 Å². The molecule has 2 aromatic carbocycles. The lowest BCUT2D eigenvalue weighted by atomic mass is 9.66. The van der Waals surface area contributed by atoms with Crippen LogP contribution < -0.4 is 0 Å². The lowest BCUT2D eigenvalue weighted by Crippen LogP contribution is -2.35. The van der Waals surface area contributed by atoms with E-state index in [1.807, 2.05) is 6.08 Å². The highest BCUT2D eigenvalue weighted by Crippen LogP contribution is 2.48. The summed E-state index contributed by atoms with van der Waals surface area (Å²) in [6, 6.07) is 3.16. The van der Waals surface area contributed by atoms with Gasteiger partial charge in [-0.05, 0) is 124 Å². The SMILES string of the molecule is CCCC1CCC(C2CC=C(c3ccc(C(F)(F)F)c(F)c3F)CC2)CC1.CCCC1CCC(C2CCC(O)(c3ccc(C(F)(F)F)c(F)c3F)CC2)CC1.O=S(=O)(O)O. The molecule has 5 nitrogen and oxygen atoms in total. The van der Waals surface area contributed by atoms with E-state index in [4.69, 9.17) is 17.5 Å². The second-order valence-corrected chi connectivity index (χ2v) is 18.2. The fourth-order valence-corrected chi connectivity index (χ4v) is 10.2. The fourth-order valence-electron chi connectivity index (χ4n) is 10.2. The summed E-state index contributed by atoms with van der Waals surface area (Å²) < 4.78 is 164. The predicted molar refractivity (Wildman–Crippen MR) is 209 cm³/mol. The molecular formula is C44H58F10O5S. The summed E-state index contributed by atoms with van der Waals surface area (Å²) in [5, 5.41) is 10.9. The van der Waals surface area contributed by atoms with Crippen LogP contribution in [0.5, 0.6) is 0 Å². The Morgan fingerprint density at radius 3 is 1.43 bits per heavy atom. The molecule has 60 heavy (non-hydrogen) atoms. The Morgan fingerprint density at radius 1 is 0.600 bits per heavy atom. The molecule has 0 aromatic heterocycles. The summed E-state index contributed by atoms with van der Waals surface area (Å²) in [5.41, 5.74) is -4.49. The molecule has 1 unspecified atom stereocenters. The van der Waals surface area contributed by atoms with Crippen molar-refractivity contribution in [2.45, 2.75) is 154 Å². The normalized spacial score (nSPS) is 27.8. The van der Waals surface area contributed by atoms with E-state index in [0.29, 0.717) is 60.6 Å². The van der Waals surface area contributed by atoms with Crippen LogP contribution in [0.15, 0.2) is 30.3 Å². The largest absolute Gasteiger partial charge is 0.419 e. The molecule has 340 valence electrons. The lowest BCUT2D eigenvalue weighted by molar-refractivity contribution is -0.141. The van der Waals surface area contributed by atoms with E-state index >= 15 is 0 Å². The number of benzene rings is 2. The molecule has 3 N–H and O–H groups in total. The summed E-state index contributed by atoms with van der Waals surface area (Å²) >= 11 is 0. The van der Waals surface area contributed by atoms with Gasteiger partial charge < -0.3 is 5.11 Å². The second-order valence-electron chi connectivity index (χ2n) is 17.3. The Morgan fingerprint density at radius 2 is 1.02 bits per heavy atom. The zero-order valence-electron chi connectivity index (χ0n) is 34.1. The highest BCUT2D eigenvalue weighted by molar-refractivity contribution is 7.79. The Balaban J connectivity index is 0.000000238. The molecule has 1 atom stereocenters. The van der Waals surface area contributed by atoms with Gasteiger partial charge in [0.25, 0.3) is 0 Å². The Hall–Kier alpha value is -2.69. The van der Waals surface area contributed by atoms with Gasteiger partial charge in [0.05, 0.1) is 16.7 Å². The molecule has 0 spiro atoms. The van der Waals surface area contributed by atoms with Gasteiger partial charge in [-0.1, -0.05) is 83.4 Å². The fraction of sp³-hybridized carbons (Fsp3) is 0.682. The molecule has 2 aromatic rings. The van der Waals surface area contributed by atoms with Crippen LogP contribution in [0.1, 0.15) is 158 Å². The molecular weight excluding hydrogens is 831 g/mol. The van der Waals surface area contributed by atoms with Crippen molar-refractivity contribution < 1.29 is 66.5 Å². The molecule has 4 aliphatic rings. The van der Waals surface area contributed by atoms with Gasteiger partial charge in [0.2, 0.25) is 0 Å². The zero-order valence-corrected chi connectivity index (χ0v) is 34.9. The summed E-state index contributed by atoms with van der Waals surface area (Å²) in [7, 11) is -4.67. The van der Waals surface area contributed by atoms with Crippen LogP contribution in [0.25, 0.3) is 5.57 Å². The van der Waals surface area contributed by atoms with Gasteiger partial charge in [-0.3, -0.25) is 9.11 Å². The van der Waals surface area contributed by atoms with Crippen molar-refractivity contribution in [1.29, 1.82) is 0 Å². The van der Waals surface area contributed by atoms with Crippen molar-refractivity contribution in [2.75, 3.05) is 0 Å². The van der Waals surface area contributed by atoms with E-state index in [2.05, 4.69) is 13.8 Å². The van der Waals surface area contributed by atoms with Gasteiger partial charge in [0.1, 0.15) is 0 Å². The van der Waals surface area contributed by atoms with Crippen LogP contribution in [-0.4, -0.2) is 22.6 Å². The molecule has 3 fully saturated rings. The molecule has 0 heterocycles. The van der Waals surface area contributed by atoms with E-state index in [9.17, 15) is 49.0 Å². The van der Waals surface area contributed by atoms with Crippen LogP contribution in [0.2, 0.25) is 0 Å². The minimum atomic E-state index is -4.96. The number of allylic oxidation sites excluding steroid dienone is 2. The average molecular weight is 889 g/mol. The van der Waals surface area contributed by atoms with Gasteiger partial charge >= 0.3 is 22.8 Å². The molecule has 3 saturated carbocycles. The van der Waals surface area contributed by atoms with Crippen molar-refractivity contribution in [3.05, 3.63) is 75.9 Å². The Kier molecular flexibility index (Phi) is 17.6. The van der Waals surface area contributed by atoms with Crippen molar-refractivity contribution in [3.8, 4) is 0 Å². The minimum Gasteiger partial charge on any atom is -0.385 e. The first-order valence-electron chi connectivity index (χ1n) is 21.2. The number of hydrogen-bond donors (Lipinski definition) is 3. The van der Waals surface area contributed by atoms with Gasteiger partial charge in [-0.25, -0.2) is 17.6 Å². The maximum atomic E-state index is 14.4. The van der Waals surface area contributed by atoms with Gasteiger partial charge in [0, 0.05) is 11.1 Å². The van der Waals surface area contributed by atoms with Crippen molar-refractivity contribution in [3.63, 3.8) is 0 Å². The number of halogens is 10. The van der Waals surface area contributed by atoms with Gasteiger partial charge in [-0.15, -0.1) is 0 Å². The highest BCUT2D eigenvalue weighted by atomic mass is 32.3. The number of alkyl halides is 6. The molecule has 0 aliphatic heterocycles. The van der Waals surface area contributed by atoms with Crippen LogP contribution in [-0.2, 0) is 28.4 Å². The monoisotopic (exact) mass is 888 g/mol. The quantitative estimate of drug-likeness (QED) is 0.181. The minimum absolute atomic E-state index is 0.0226. The van der Waals surface area contributed by atoms with Crippen LogP contribution >= 0.6 is 0 Å². The first-order valence-corrected chi connectivity index (χ1v) is 22.6. The molecule has 0 bridgehead atoms.